The molecule has 4 nitrogen and oxygen atoms in total. The van der Waals surface area contributed by atoms with Gasteiger partial charge in [0.2, 0.25) is 0 Å². The van der Waals surface area contributed by atoms with E-state index in [4.69, 9.17) is 0 Å². The molecule has 4 heteroatoms. The molecule has 0 aliphatic carbocycles. The summed E-state index contributed by atoms with van der Waals surface area (Å²) >= 11 is 0. The summed E-state index contributed by atoms with van der Waals surface area (Å²) in [5.41, 5.74) is 2.99. The van der Waals surface area contributed by atoms with Crippen molar-refractivity contribution in [2.24, 2.45) is 10.9 Å². The summed E-state index contributed by atoms with van der Waals surface area (Å²) in [6.07, 6.45) is 1.15. The van der Waals surface area contributed by atoms with Crippen LogP contribution < -0.4 is 10.6 Å². The average molecular weight is 316 g/mol. The quantitative estimate of drug-likeness (QED) is 0.648. The summed E-state index contributed by atoms with van der Waals surface area (Å²) in [5.74, 6) is 1.49. The average Bonchev–Trinajstić information content (AvgIpc) is 2.53. The SMILES string of the molecule is CN=C(NCC(C(C)C)N1CCc2ccccc2C1)NC(C)C. The molecule has 0 aromatic heterocycles. The van der Waals surface area contributed by atoms with E-state index >= 15 is 0 Å². The zero-order chi connectivity index (χ0) is 16.8. The van der Waals surface area contributed by atoms with Crippen molar-refractivity contribution in [3.8, 4) is 0 Å². The Morgan fingerprint density at radius 3 is 2.48 bits per heavy atom. The fourth-order valence-corrected chi connectivity index (χ4v) is 3.26. The van der Waals surface area contributed by atoms with E-state index in [0.717, 1.165) is 32.0 Å². The molecule has 2 rings (SSSR count). The van der Waals surface area contributed by atoms with Gasteiger partial charge in [0.1, 0.15) is 0 Å². The molecule has 0 radical (unpaired) electrons. The predicted octanol–water partition coefficient (Wildman–Crippen LogP) is 2.64. The van der Waals surface area contributed by atoms with Gasteiger partial charge < -0.3 is 10.6 Å². The zero-order valence-corrected chi connectivity index (χ0v) is 15.3. The van der Waals surface area contributed by atoms with Crippen molar-refractivity contribution in [3.05, 3.63) is 35.4 Å². The van der Waals surface area contributed by atoms with Gasteiger partial charge in [0.25, 0.3) is 0 Å². The van der Waals surface area contributed by atoms with Crippen molar-refractivity contribution in [2.45, 2.75) is 52.7 Å². The first-order valence-corrected chi connectivity index (χ1v) is 8.79. The summed E-state index contributed by atoms with van der Waals surface area (Å²) in [6, 6.07) is 9.74. The molecule has 0 bridgehead atoms. The number of guanidine groups is 1. The Labute approximate surface area is 141 Å². The normalized spacial score (nSPS) is 17.3. The van der Waals surface area contributed by atoms with Crippen molar-refractivity contribution in [3.63, 3.8) is 0 Å². The second-order valence-corrected chi connectivity index (χ2v) is 7.05. The number of fused-ring (bicyclic) bond motifs is 1. The van der Waals surface area contributed by atoms with Crippen molar-refractivity contribution >= 4 is 5.96 Å². The standard InChI is InChI=1S/C19H32N4/c1-14(2)18(12-21-19(20-5)22-15(3)4)23-11-10-16-8-6-7-9-17(16)13-23/h6-9,14-15,18H,10-13H2,1-5H3,(H2,20,21,22). The number of hydrogen-bond acceptors (Lipinski definition) is 2. The number of benzene rings is 1. The highest BCUT2D eigenvalue weighted by molar-refractivity contribution is 5.79. The predicted molar refractivity (Wildman–Crippen MR) is 98.8 cm³/mol. The minimum atomic E-state index is 0.389. The van der Waals surface area contributed by atoms with Gasteiger partial charge in [-0.15, -0.1) is 0 Å². The van der Waals surface area contributed by atoms with E-state index in [1.165, 1.54) is 11.1 Å². The van der Waals surface area contributed by atoms with Crippen LogP contribution >= 0.6 is 0 Å². The molecule has 1 heterocycles. The smallest absolute Gasteiger partial charge is 0.191 e. The van der Waals surface area contributed by atoms with Gasteiger partial charge in [-0.1, -0.05) is 38.1 Å². The minimum absolute atomic E-state index is 0.389. The molecule has 0 fully saturated rings. The van der Waals surface area contributed by atoms with E-state index < -0.39 is 0 Å². The second-order valence-electron chi connectivity index (χ2n) is 7.05. The molecule has 1 aromatic carbocycles. The first kappa shape index (κ1) is 17.8. The van der Waals surface area contributed by atoms with Gasteiger partial charge in [-0.2, -0.15) is 0 Å². The Balaban J connectivity index is 1.99. The van der Waals surface area contributed by atoms with Gasteiger partial charge in [-0.25, -0.2) is 0 Å². The lowest BCUT2D eigenvalue weighted by molar-refractivity contribution is 0.140. The number of nitrogens with zero attached hydrogens (tertiary/aromatic N) is 2. The maximum atomic E-state index is 4.32. The monoisotopic (exact) mass is 316 g/mol. The third kappa shape index (κ3) is 4.96. The zero-order valence-electron chi connectivity index (χ0n) is 15.3. The van der Waals surface area contributed by atoms with Crippen LogP contribution in [0.5, 0.6) is 0 Å². The molecule has 1 aliphatic heterocycles. The molecule has 0 spiro atoms. The third-order valence-electron chi connectivity index (χ3n) is 4.53. The molecule has 1 unspecified atom stereocenters. The van der Waals surface area contributed by atoms with Crippen LogP contribution in [0.25, 0.3) is 0 Å². The molecule has 0 saturated carbocycles. The summed E-state index contributed by atoms with van der Waals surface area (Å²) < 4.78 is 0. The first-order chi connectivity index (χ1) is 11.0. The van der Waals surface area contributed by atoms with E-state index in [9.17, 15) is 0 Å². The molecule has 0 amide bonds. The van der Waals surface area contributed by atoms with Crippen LogP contribution in [0.15, 0.2) is 29.3 Å². The Morgan fingerprint density at radius 1 is 1.17 bits per heavy atom. The van der Waals surface area contributed by atoms with Gasteiger partial charge in [0, 0.05) is 38.8 Å². The Bertz CT molecular complexity index is 522. The van der Waals surface area contributed by atoms with Gasteiger partial charge in [0.05, 0.1) is 0 Å². The lowest BCUT2D eigenvalue weighted by atomic mass is 9.95. The van der Waals surface area contributed by atoms with Crippen molar-refractivity contribution in [1.29, 1.82) is 0 Å². The fraction of sp³-hybridized carbons (Fsp3) is 0.632. The van der Waals surface area contributed by atoms with Crippen molar-refractivity contribution < 1.29 is 0 Å². The Hall–Kier alpha value is -1.55. The van der Waals surface area contributed by atoms with E-state index in [1.54, 1.807) is 0 Å². The highest BCUT2D eigenvalue weighted by atomic mass is 15.2. The number of rotatable bonds is 5. The molecule has 128 valence electrons. The van der Waals surface area contributed by atoms with Gasteiger partial charge >= 0.3 is 0 Å². The van der Waals surface area contributed by atoms with Gasteiger partial charge in [-0.3, -0.25) is 9.89 Å². The van der Waals surface area contributed by atoms with Gasteiger partial charge in [0.15, 0.2) is 5.96 Å². The molecular weight excluding hydrogens is 284 g/mol. The van der Waals surface area contributed by atoms with Crippen LogP contribution in [0.1, 0.15) is 38.8 Å². The fourth-order valence-electron chi connectivity index (χ4n) is 3.26. The Morgan fingerprint density at radius 2 is 1.87 bits per heavy atom. The largest absolute Gasteiger partial charge is 0.355 e. The molecule has 1 aliphatic rings. The minimum Gasteiger partial charge on any atom is -0.355 e. The van der Waals surface area contributed by atoms with Crippen LogP contribution in [0.2, 0.25) is 0 Å². The third-order valence-corrected chi connectivity index (χ3v) is 4.53. The van der Waals surface area contributed by atoms with Gasteiger partial charge in [-0.05, 0) is 37.3 Å². The lowest BCUT2D eigenvalue weighted by Crippen LogP contribution is -2.51. The topological polar surface area (TPSA) is 39.7 Å². The summed E-state index contributed by atoms with van der Waals surface area (Å²) in [4.78, 5) is 6.93. The van der Waals surface area contributed by atoms with Crippen LogP contribution in [0.3, 0.4) is 0 Å². The molecule has 23 heavy (non-hydrogen) atoms. The van der Waals surface area contributed by atoms with Crippen LogP contribution in [0, 0.1) is 5.92 Å². The van der Waals surface area contributed by atoms with E-state index in [-0.39, 0.29) is 0 Å². The lowest BCUT2D eigenvalue weighted by Gasteiger charge is -2.38. The molecule has 1 aromatic rings. The maximum Gasteiger partial charge on any atom is 0.191 e. The molecule has 0 saturated heterocycles. The highest BCUT2D eigenvalue weighted by Crippen LogP contribution is 2.22. The number of nitrogens with one attached hydrogen (secondary N) is 2. The summed E-state index contributed by atoms with van der Waals surface area (Å²) in [7, 11) is 1.83. The highest BCUT2D eigenvalue weighted by Gasteiger charge is 2.25. The van der Waals surface area contributed by atoms with Crippen LogP contribution in [-0.4, -0.2) is 43.1 Å². The number of hydrogen-bond donors (Lipinski definition) is 2. The Kier molecular flexibility index (Phi) is 6.46. The molecular formula is C19H32N4. The van der Waals surface area contributed by atoms with E-state index in [2.05, 4.69) is 72.5 Å². The molecule has 2 N–H and O–H groups in total. The van der Waals surface area contributed by atoms with Crippen LogP contribution in [0.4, 0.5) is 0 Å². The second kappa shape index (κ2) is 8.34. The van der Waals surface area contributed by atoms with Crippen molar-refractivity contribution in [1.82, 2.24) is 15.5 Å². The summed E-state index contributed by atoms with van der Waals surface area (Å²) in [5, 5.41) is 6.86. The summed E-state index contributed by atoms with van der Waals surface area (Å²) in [6.45, 7) is 12.0. The first-order valence-electron chi connectivity index (χ1n) is 8.79. The van der Waals surface area contributed by atoms with E-state index in [0.29, 0.717) is 18.0 Å². The number of aliphatic imine (C=N–C) groups is 1. The van der Waals surface area contributed by atoms with Crippen molar-refractivity contribution in [2.75, 3.05) is 20.1 Å². The van der Waals surface area contributed by atoms with E-state index in [1.807, 2.05) is 7.05 Å². The maximum absolute atomic E-state index is 4.32. The van der Waals surface area contributed by atoms with Crippen LogP contribution in [-0.2, 0) is 13.0 Å². The molecule has 1 atom stereocenters.